The number of aryl methyl sites for hydroxylation is 1. The van der Waals surface area contributed by atoms with E-state index in [0.717, 1.165) is 5.56 Å². The van der Waals surface area contributed by atoms with Gasteiger partial charge in [0.25, 0.3) is 0 Å². The molecule has 18 heavy (non-hydrogen) atoms. The van der Waals surface area contributed by atoms with Gasteiger partial charge in [0.2, 0.25) is 0 Å². The predicted molar refractivity (Wildman–Crippen MR) is 70.9 cm³/mol. The van der Waals surface area contributed by atoms with Crippen LogP contribution in [0.1, 0.15) is 19.4 Å². The molecule has 6 nitrogen and oxygen atoms in total. The summed E-state index contributed by atoms with van der Waals surface area (Å²) in [6, 6.07) is 2.36. The van der Waals surface area contributed by atoms with Crippen molar-refractivity contribution in [3.63, 3.8) is 0 Å². The molecule has 0 radical (unpaired) electrons. The summed E-state index contributed by atoms with van der Waals surface area (Å²) >= 11 is 3.14. The monoisotopic (exact) mass is 316 g/mol. The quantitative estimate of drug-likeness (QED) is 0.643. The fourth-order valence-electron chi connectivity index (χ4n) is 1.45. The molecule has 0 aliphatic carbocycles. The number of hydrogen-bond acceptors (Lipinski definition) is 4. The van der Waals surface area contributed by atoms with E-state index in [0.29, 0.717) is 10.9 Å². The molecule has 1 rings (SSSR count). The molecule has 1 unspecified atom stereocenters. The van der Waals surface area contributed by atoms with Crippen LogP contribution in [0.3, 0.4) is 0 Å². The van der Waals surface area contributed by atoms with Crippen molar-refractivity contribution in [3.8, 4) is 0 Å². The number of anilines is 1. The van der Waals surface area contributed by atoms with Crippen LogP contribution in [0.15, 0.2) is 16.6 Å². The number of nitro benzene ring substituents is 1. The maximum atomic E-state index is 11.0. The van der Waals surface area contributed by atoms with E-state index in [2.05, 4.69) is 21.2 Å². The molecule has 1 atom stereocenters. The van der Waals surface area contributed by atoms with Crippen molar-refractivity contribution >= 4 is 33.3 Å². The molecule has 0 aliphatic heterocycles. The number of halogens is 1. The minimum absolute atomic E-state index is 0.152. The predicted octanol–water partition coefficient (Wildman–Crippen LogP) is 2.80. The lowest BCUT2D eigenvalue weighted by atomic mass is 10.1. The van der Waals surface area contributed by atoms with Gasteiger partial charge >= 0.3 is 11.7 Å². The van der Waals surface area contributed by atoms with E-state index in [1.165, 1.54) is 6.92 Å². The van der Waals surface area contributed by atoms with Gasteiger partial charge in [-0.25, -0.2) is 0 Å². The van der Waals surface area contributed by atoms with Crippen LogP contribution in [0.25, 0.3) is 0 Å². The minimum Gasteiger partial charge on any atom is -0.480 e. The molecule has 0 saturated heterocycles. The molecule has 1 aromatic rings. The van der Waals surface area contributed by atoms with Gasteiger partial charge in [-0.3, -0.25) is 14.9 Å². The Morgan fingerprint density at radius 2 is 2.22 bits per heavy atom. The lowest BCUT2D eigenvalue weighted by Crippen LogP contribution is -2.25. The largest absolute Gasteiger partial charge is 0.480 e. The molecule has 0 heterocycles. The SMILES string of the molecule is CCc1cc(Br)c([N+](=O)[O-])c(NC(C)C(=O)O)c1. The smallest absolute Gasteiger partial charge is 0.325 e. The van der Waals surface area contributed by atoms with Crippen LogP contribution < -0.4 is 5.32 Å². The van der Waals surface area contributed by atoms with E-state index < -0.39 is 16.9 Å². The summed E-state index contributed by atoms with van der Waals surface area (Å²) in [5.74, 6) is -1.07. The molecule has 0 amide bonds. The van der Waals surface area contributed by atoms with Gasteiger partial charge in [-0.2, -0.15) is 0 Å². The highest BCUT2D eigenvalue weighted by molar-refractivity contribution is 9.10. The second-order valence-electron chi connectivity index (χ2n) is 3.79. The Kier molecular flexibility index (Phi) is 4.66. The van der Waals surface area contributed by atoms with Gasteiger partial charge in [-0.1, -0.05) is 6.92 Å². The van der Waals surface area contributed by atoms with Gasteiger partial charge in [-0.15, -0.1) is 0 Å². The number of aliphatic carboxylic acids is 1. The fourth-order valence-corrected chi connectivity index (χ4v) is 2.10. The summed E-state index contributed by atoms with van der Waals surface area (Å²) in [5, 5.41) is 22.4. The van der Waals surface area contributed by atoms with Gasteiger partial charge in [0.1, 0.15) is 11.7 Å². The van der Waals surface area contributed by atoms with Crippen molar-refractivity contribution in [2.24, 2.45) is 0 Å². The number of nitrogens with zero attached hydrogens (tertiary/aromatic N) is 1. The van der Waals surface area contributed by atoms with Crippen molar-refractivity contribution in [3.05, 3.63) is 32.3 Å². The van der Waals surface area contributed by atoms with Crippen molar-refractivity contribution in [1.82, 2.24) is 0 Å². The van der Waals surface area contributed by atoms with Crippen LogP contribution in [-0.2, 0) is 11.2 Å². The van der Waals surface area contributed by atoms with E-state index in [4.69, 9.17) is 5.11 Å². The van der Waals surface area contributed by atoms with E-state index in [1.54, 1.807) is 12.1 Å². The molecule has 0 bridgehead atoms. The van der Waals surface area contributed by atoms with Crippen LogP contribution in [0.4, 0.5) is 11.4 Å². The van der Waals surface area contributed by atoms with Gasteiger partial charge < -0.3 is 10.4 Å². The fraction of sp³-hybridized carbons (Fsp3) is 0.364. The first-order valence-corrected chi connectivity index (χ1v) is 6.12. The first-order valence-electron chi connectivity index (χ1n) is 5.33. The molecular formula is C11H13BrN2O4. The number of carboxylic acid groups (broad SMARTS) is 1. The maximum Gasteiger partial charge on any atom is 0.325 e. The average Bonchev–Trinajstić information content (AvgIpc) is 2.27. The Morgan fingerprint density at radius 3 is 2.67 bits per heavy atom. The maximum absolute atomic E-state index is 11.0. The second kappa shape index (κ2) is 5.81. The average molecular weight is 317 g/mol. The first-order chi connectivity index (χ1) is 8.36. The normalized spacial score (nSPS) is 11.9. The van der Waals surface area contributed by atoms with Crippen LogP contribution in [0.2, 0.25) is 0 Å². The molecule has 0 fully saturated rings. The molecule has 0 aromatic heterocycles. The Balaban J connectivity index is 3.25. The van der Waals surface area contributed by atoms with Gasteiger partial charge in [0.15, 0.2) is 0 Å². The number of nitrogens with one attached hydrogen (secondary N) is 1. The lowest BCUT2D eigenvalue weighted by Gasteiger charge is -2.13. The third-order valence-electron chi connectivity index (χ3n) is 2.46. The van der Waals surface area contributed by atoms with E-state index >= 15 is 0 Å². The van der Waals surface area contributed by atoms with Gasteiger partial charge in [0, 0.05) is 0 Å². The van der Waals surface area contributed by atoms with Gasteiger partial charge in [-0.05, 0) is 47.0 Å². The summed E-state index contributed by atoms with van der Waals surface area (Å²) in [4.78, 5) is 21.2. The first kappa shape index (κ1) is 14.4. The summed E-state index contributed by atoms with van der Waals surface area (Å²) in [7, 11) is 0. The number of nitro groups is 1. The van der Waals surface area contributed by atoms with Crippen molar-refractivity contribution in [2.75, 3.05) is 5.32 Å². The molecule has 1 aromatic carbocycles. The van der Waals surface area contributed by atoms with E-state index in [9.17, 15) is 14.9 Å². The zero-order valence-corrected chi connectivity index (χ0v) is 11.5. The molecule has 2 N–H and O–H groups in total. The van der Waals surface area contributed by atoms with E-state index in [1.807, 2.05) is 6.92 Å². The minimum atomic E-state index is -1.07. The molecular weight excluding hydrogens is 304 g/mol. The Morgan fingerprint density at radius 1 is 1.61 bits per heavy atom. The molecule has 0 spiro atoms. The van der Waals surface area contributed by atoms with Crippen LogP contribution in [0.5, 0.6) is 0 Å². The Labute approximate surface area is 112 Å². The Bertz CT molecular complexity index is 490. The number of hydrogen-bond donors (Lipinski definition) is 2. The van der Waals surface area contributed by atoms with Crippen LogP contribution >= 0.6 is 15.9 Å². The summed E-state index contributed by atoms with van der Waals surface area (Å²) in [6.07, 6.45) is 0.701. The molecule has 7 heteroatoms. The topological polar surface area (TPSA) is 92.5 Å². The third-order valence-corrected chi connectivity index (χ3v) is 3.06. The molecule has 0 aliphatic rings. The summed E-state index contributed by atoms with van der Waals surface area (Å²) in [5.41, 5.74) is 0.939. The van der Waals surface area contributed by atoms with Crippen molar-refractivity contribution < 1.29 is 14.8 Å². The number of rotatable bonds is 5. The lowest BCUT2D eigenvalue weighted by molar-refractivity contribution is -0.384. The zero-order valence-electron chi connectivity index (χ0n) is 9.94. The molecule has 0 saturated carbocycles. The Hall–Kier alpha value is -1.63. The van der Waals surface area contributed by atoms with Crippen molar-refractivity contribution in [2.45, 2.75) is 26.3 Å². The van der Waals surface area contributed by atoms with Crippen LogP contribution in [0, 0.1) is 10.1 Å². The van der Waals surface area contributed by atoms with Crippen molar-refractivity contribution in [1.29, 1.82) is 0 Å². The highest BCUT2D eigenvalue weighted by Crippen LogP contribution is 2.34. The molecule has 98 valence electrons. The number of carbonyl (C=O) groups is 1. The number of carboxylic acids is 1. The highest BCUT2D eigenvalue weighted by Gasteiger charge is 2.22. The summed E-state index contributed by atoms with van der Waals surface area (Å²) < 4.78 is 0.340. The highest BCUT2D eigenvalue weighted by atomic mass is 79.9. The second-order valence-corrected chi connectivity index (χ2v) is 4.64. The zero-order chi connectivity index (χ0) is 13.9. The van der Waals surface area contributed by atoms with E-state index in [-0.39, 0.29) is 11.4 Å². The number of benzene rings is 1. The van der Waals surface area contributed by atoms with Gasteiger partial charge in [0.05, 0.1) is 9.40 Å². The third kappa shape index (κ3) is 3.19. The van der Waals surface area contributed by atoms with Crippen LogP contribution in [-0.4, -0.2) is 22.0 Å². The standard InChI is InChI=1S/C11H13BrN2O4/c1-3-7-4-8(12)10(14(17)18)9(5-7)13-6(2)11(15)16/h4-6,13H,3H2,1-2H3,(H,15,16). The summed E-state index contributed by atoms with van der Waals surface area (Å²) in [6.45, 7) is 3.34.